The molecule has 1 aliphatic rings. The van der Waals surface area contributed by atoms with Gasteiger partial charge in [-0.15, -0.1) is 18.3 Å². The highest BCUT2D eigenvalue weighted by Gasteiger charge is 2.32. The number of carbonyl (C=O) groups is 2. The molecule has 4 aromatic rings. The molecule has 1 saturated heterocycles. The van der Waals surface area contributed by atoms with Crippen molar-refractivity contribution in [2.45, 2.75) is 19.9 Å². The maximum atomic E-state index is 12.8. The van der Waals surface area contributed by atoms with Crippen LogP contribution in [0.2, 0.25) is 0 Å². The van der Waals surface area contributed by atoms with E-state index in [-0.39, 0.29) is 22.6 Å². The van der Waals surface area contributed by atoms with Crippen molar-refractivity contribution in [3.63, 3.8) is 0 Å². The highest BCUT2D eigenvalue weighted by molar-refractivity contribution is 8.15. The van der Waals surface area contributed by atoms with Gasteiger partial charge in [0.1, 0.15) is 12.1 Å². The minimum atomic E-state index is -4.76. The van der Waals surface area contributed by atoms with Crippen LogP contribution < -0.4 is 15.0 Å². The van der Waals surface area contributed by atoms with Crippen molar-refractivity contribution in [2.75, 3.05) is 23.1 Å². The van der Waals surface area contributed by atoms with Crippen LogP contribution in [0.15, 0.2) is 78.0 Å². The maximum Gasteiger partial charge on any atom is 0.573 e. The summed E-state index contributed by atoms with van der Waals surface area (Å²) in [6.45, 7) is 2.22. The van der Waals surface area contributed by atoms with Gasteiger partial charge in [-0.2, -0.15) is 4.99 Å². The van der Waals surface area contributed by atoms with Gasteiger partial charge in [-0.1, -0.05) is 42.1 Å². The SMILES string of the molecule is COCc1ccc(C)cc1N1C(=O)CS/C1=N\C(=O)Nc1ccc(/C=C/c2ncn(-c3ccc(OC(F)(F)F)cc3)n2)cc1. The first-order chi connectivity index (χ1) is 21.1. The lowest BCUT2D eigenvalue weighted by Crippen LogP contribution is -2.31. The van der Waals surface area contributed by atoms with Crippen LogP contribution in [0.5, 0.6) is 5.75 Å². The number of amides is 3. The van der Waals surface area contributed by atoms with Crippen LogP contribution in [-0.2, 0) is 16.1 Å². The molecule has 0 saturated carbocycles. The number of alkyl halides is 3. The largest absolute Gasteiger partial charge is 0.573 e. The van der Waals surface area contributed by atoms with E-state index < -0.39 is 12.4 Å². The molecule has 3 aromatic carbocycles. The molecule has 3 amide bonds. The summed E-state index contributed by atoms with van der Waals surface area (Å²) in [4.78, 5) is 35.3. The Hall–Kier alpha value is -4.95. The summed E-state index contributed by atoms with van der Waals surface area (Å²) >= 11 is 1.19. The van der Waals surface area contributed by atoms with Crippen molar-refractivity contribution in [3.05, 3.63) is 95.6 Å². The average Bonchev–Trinajstić information content (AvgIpc) is 3.60. The number of ether oxygens (including phenoxy) is 2. The van der Waals surface area contributed by atoms with Crippen molar-refractivity contribution in [2.24, 2.45) is 4.99 Å². The highest BCUT2D eigenvalue weighted by Crippen LogP contribution is 2.31. The Morgan fingerprint density at radius 1 is 1.09 bits per heavy atom. The number of nitrogens with zero attached hydrogens (tertiary/aromatic N) is 5. The number of amidine groups is 1. The van der Waals surface area contributed by atoms with Gasteiger partial charge in [0.05, 0.1) is 23.7 Å². The summed E-state index contributed by atoms with van der Waals surface area (Å²) in [5.41, 5.74) is 4.22. The molecule has 10 nitrogen and oxygen atoms in total. The number of aliphatic imine (C=N–C) groups is 1. The topological polar surface area (TPSA) is 111 Å². The maximum absolute atomic E-state index is 12.8. The smallest absolute Gasteiger partial charge is 0.406 e. The minimum absolute atomic E-state index is 0.170. The molecular formula is C30H25F3N6O4S. The van der Waals surface area contributed by atoms with E-state index in [1.54, 1.807) is 43.5 Å². The minimum Gasteiger partial charge on any atom is -0.406 e. The lowest BCUT2D eigenvalue weighted by atomic mass is 10.1. The molecule has 0 spiro atoms. The number of hydrogen-bond acceptors (Lipinski definition) is 7. The van der Waals surface area contributed by atoms with Crippen molar-refractivity contribution >= 4 is 52.4 Å². The summed E-state index contributed by atoms with van der Waals surface area (Å²) in [6, 6.07) is 17.3. The predicted molar refractivity (Wildman–Crippen MR) is 162 cm³/mol. The molecule has 226 valence electrons. The van der Waals surface area contributed by atoms with Gasteiger partial charge in [0.15, 0.2) is 11.0 Å². The summed E-state index contributed by atoms with van der Waals surface area (Å²) < 4.78 is 47.7. The predicted octanol–water partition coefficient (Wildman–Crippen LogP) is 6.46. The Morgan fingerprint density at radius 3 is 2.55 bits per heavy atom. The molecule has 1 aromatic heterocycles. The first kappa shape index (κ1) is 30.5. The normalized spacial score (nSPS) is 14.5. The number of halogens is 3. The fourth-order valence-electron chi connectivity index (χ4n) is 4.21. The van der Waals surface area contributed by atoms with E-state index in [0.717, 1.165) is 16.7 Å². The molecule has 14 heteroatoms. The van der Waals surface area contributed by atoms with E-state index in [1.165, 1.54) is 51.9 Å². The molecule has 2 heterocycles. The number of aryl methyl sites for hydroxylation is 1. The second-order valence-corrected chi connectivity index (χ2v) is 10.4. The van der Waals surface area contributed by atoms with Gasteiger partial charge in [0.2, 0.25) is 5.91 Å². The second-order valence-electron chi connectivity index (χ2n) is 9.45. The average molecular weight is 623 g/mol. The molecular weight excluding hydrogens is 597 g/mol. The fourth-order valence-corrected chi connectivity index (χ4v) is 5.06. The standard InChI is InChI=1S/C30H25F3N6O4S/c1-19-3-7-21(16-42-2)25(15-19)39-27(40)17-44-29(39)36-28(41)35-22-8-4-20(5-9-22)6-14-26-34-18-38(37-26)23-10-12-24(13-11-23)43-30(31,32)33/h3-15,18H,16-17H2,1-2H3,(H,35,41)/b14-6+,36-29-. The number of rotatable bonds is 8. The molecule has 0 aliphatic carbocycles. The van der Waals surface area contributed by atoms with Crippen LogP contribution in [0.25, 0.3) is 17.8 Å². The van der Waals surface area contributed by atoms with Gasteiger partial charge in [0.25, 0.3) is 0 Å². The van der Waals surface area contributed by atoms with Crippen LogP contribution in [0, 0.1) is 6.92 Å². The second kappa shape index (κ2) is 13.1. The molecule has 1 fully saturated rings. The Labute approximate surface area is 254 Å². The molecule has 1 N–H and O–H groups in total. The van der Waals surface area contributed by atoms with Gasteiger partial charge in [-0.3, -0.25) is 9.69 Å². The summed E-state index contributed by atoms with van der Waals surface area (Å²) in [5.74, 6) is 0.0450. The quantitative estimate of drug-likeness (QED) is 0.240. The first-order valence-corrected chi connectivity index (χ1v) is 14.1. The summed E-state index contributed by atoms with van der Waals surface area (Å²) in [7, 11) is 1.57. The number of methoxy groups -OCH3 is 1. The van der Waals surface area contributed by atoms with Crippen LogP contribution in [0.3, 0.4) is 0 Å². The number of anilines is 2. The van der Waals surface area contributed by atoms with Gasteiger partial charge in [-0.25, -0.2) is 14.5 Å². The summed E-state index contributed by atoms with van der Waals surface area (Å²) in [6.07, 6.45) is 0.112. The summed E-state index contributed by atoms with van der Waals surface area (Å²) in [5, 5.41) is 7.31. The first-order valence-electron chi connectivity index (χ1n) is 13.1. The van der Waals surface area contributed by atoms with Gasteiger partial charge < -0.3 is 14.8 Å². The van der Waals surface area contributed by atoms with Gasteiger partial charge >= 0.3 is 12.4 Å². The highest BCUT2D eigenvalue weighted by atomic mass is 32.2. The lowest BCUT2D eigenvalue weighted by molar-refractivity contribution is -0.274. The zero-order valence-electron chi connectivity index (χ0n) is 23.4. The fraction of sp³-hybridized carbons (Fsp3) is 0.167. The number of aromatic nitrogens is 3. The van der Waals surface area contributed by atoms with Gasteiger partial charge in [0, 0.05) is 18.4 Å². The third kappa shape index (κ3) is 7.71. The molecule has 5 rings (SSSR count). The zero-order valence-corrected chi connectivity index (χ0v) is 24.2. The van der Waals surface area contributed by atoms with Gasteiger partial charge in [-0.05, 0) is 66.6 Å². The van der Waals surface area contributed by atoms with Crippen LogP contribution >= 0.6 is 11.8 Å². The zero-order chi connectivity index (χ0) is 31.3. The Kier molecular flexibility index (Phi) is 9.11. The third-order valence-electron chi connectivity index (χ3n) is 6.18. The molecule has 44 heavy (non-hydrogen) atoms. The Bertz CT molecular complexity index is 1720. The van der Waals surface area contributed by atoms with E-state index in [0.29, 0.717) is 29.5 Å². The van der Waals surface area contributed by atoms with Crippen molar-refractivity contribution < 1.29 is 32.2 Å². The Morgan fingerprint density at radius 2 is 1.84 bits per heavy atom. The van der Waals surface area contributed by atoms with Crippen molar-refractivity contribution in [3.8, 4) is 11.4 Å². The van der Waals surface area contributed by atoms with Crippen LogP contribution in [0.4, 0.5) is 29.3 Å². The number of urea groups is 1. The number of thioether (sulfide) groups is 1. The number of hydrogen-bond donors (Lipinski definition) is 1. The number of nitrogens with one attached hydrogen (secondary N) is 1. The molecule has 0 bridgehead atoms. The third-order valence-corrected chi connectivity index (χ3v) is 7.10. The van der Waals surface area contributed by atoms with Crippen LogP contribution in [0.1, 0.15) is 22.5 Å². The molecule has 0 unspecified atom stereocenters. The number of carbonyl (C=O) groups excluding carboxylic acids is 2. The van der Waals surface area contributed by atoms with E-state index in [1.807, 2.05) is 25.1 Å². The lowest BCUT2D eigenvalue weighted by Gasteiger charge is -2.20. The Balaban J connectivity index is 1.21. The number of benzene rings is 3. The monoisotopic (exact) mass is 622 g/mol. The van der Waals surface area contributed by atoms with E-state index in [4.69, 9.17) is 4.74 Å². The van der Waals surface area contributed by atoms with E-state index in [2.05, 4.69) is 25.1 Å². The van der Waals surface area contributed by atoms with E-state index in [9.17, 15) is 22.8 Å². The van der Waals surface area contributed by atoms with Crippen molar-refractivity contribution in [1.29, 1.82) is 0 Å². The molecule has 1 aliphatic heterocycles. The van der Waals surface area contributed by atoms with Crippen LogP contribution in [-0.4, -0.2) is 51.1 Å². The van der Waals surface area contributed by atoms with Crippen molar-refractivity contribution in [1.82, 2.24) is 14.8 Å². The molecule has 0 atom stereocenters. The van der Waals surface area contributed by atoms with E-state index >= 15 is 0 Å². The molecule has 0 radical (unpaired) electrons.